The molecule has 1 unspecified atom stereocenters. The van der Waals surface area contributed by atoms with Crippen LogP contribution in [0.2, 0.25) is 0 Å². The number of aromatic hydroxyl groups is 2. The molecular weight excluding hydrogens is 336 g/mol. The molecule has 6 heteroatoms. The maximum absolute atomic E-state index is 12.8. The van der Waals surface area contributed by atoms with Crippen LogP contribution in [0.15, 0.2) is 42.5 Å². The van der Waals surface area contributed by atoms with Crippen molar-refractivity contribution in [2.75, 3.05) is 0 Å². The van der Waals surface area contributed by atoms with Gasteiger partial charge in [-0.1, -0.05) is 37.3 Å². The number of carboxylic acids is 1. The van der Waals surface area contributed by atoms with E-state index in [9.17, 15) is 24.6 Å². The lowest BCUT2D eigenvalue weighted by Crippen LogP contribution is -2.21. The number of carboxylic acid groups (broad SMARTS) is 1. The summed E-state index contributed by atoms with van der Waals surface area (Å²) < 4.78 is 0. The van der Waals surface area contributed by atoms with Crippen LogP contribution in [-0.2, 0) is 4.79 Å². The summed E-state index contributed by atoms with van der Waals surface area (Å²) in [5.74, 6) is -3.60. The molecule has 0 bridgehead atoms. The fourth-order valence-corrected chi connectivity index (χ4v) is 3.22. The summed E-state index contributed by atoms with van der Waals surface area (Å²) >= 11 is 0. The van der Waals surface area contributed by atoms with Crippen LogP contribution in [-0.4, -0.2) is 32.9 Å². The van der Waals surface area contributed by atoms with E-state index in [1.807, 2.05) is 0 Å². The van der Waals surface area contributed by atoms with Crippen molar-refractivity contribution in [3.05, 3.63) is 70.3 Å². The minimum absolute atomic E-state index is 0.158. The number of rotatable bonds is 4. The normalized spacial score (nSPS) is 14.2. The van der Waals surface area contributed by atoms with Crippen LogP contribution in [0.4, 0.5) is 0 Å². The molecule has 132 valence electrons. The summed E-state index contributed by atoms with van der Waals surface area (Å²) in [6, 6.07) is 7.43. The van der Waals surface area contributed by atoms with Crippen LogP contribution >= 0.6 is 0 Å². The van der Waals surface area contributed by atoms with Gasteiger partial charge in [0.2, 0.25) is 0 Å². The van der Waals surface area contributed by atoms with Crippen molar-refractivity contribution in [2.45, 2.75) is 19.3 Å². The van der Waals surface area contributed by atoms with Gasteiger partial charge in [-0.3, -0.25) is 9.59 Å². The van der Waals surface area contributed by atoms with Crippen LogP contribution in [0.3, 0.4) is 0 Å². The molecule has 0 spiro atoms. The van der Waals surface area contributed by atoms with Gasteiger partial charge in [-0.25, -0.2) is 4.79 Å². The molecule has 0 aliphatic heterocycles. The molecule has 1 aliphatic carbocycles. The number of fused-ring (bicyclic) bond motifs is 2. The Balaban J connectivity index is 2.23. The SMILES string of the molecule is CCC(C=CC(=O)O)c1cc(O)c2c(c1O)C(=O)c1ccccc1C2=O. The van der Waals surface area contributed by atoms with Gasteiger partial charge in [0.1, 0.15) is 11.5 Å². The second-order valence-electron chi connectivity index (χ2n) is 6.00. The van der Waals surface area contributed by atoms with E-state index in [1.165, 1.54) is 24.3 Å². The van der Waals surface area contributed by atoms with Crippen molar-refractivity contribution in [2.24, 2.45) is 0 Å². The maximum atomic E-state index is 12.8. The summed E-state index contributed by atoms with van der Waals surface area (Å²) in [6.45, 7) is 1.77. The molecule has 0 amide bonds. The van der Waals surface area contributed by atoms with Crippen molar-refractivity contribution < 1.29 is 29.7 Å². The number of aliphatic carboxylic acids is 1. The Hall–Kier alpha value is -3.41. The Morgan fingerprint density at radius 1 is 1.08 bits per heavy atom. The van der Waals surface area contributed by atoms with Gasteiger partial charge in [0.25, 0.3) is 0 Å². The molecule has 3 rings (SSSR count). The lowest BCUT2D eigenvalue weighted by molar-refractivity contribution is -0.131. The van der Waals surface area contributed by atoms with E-state index in [1.54, 1.807) is 19.1 Å². The van der Waals surface area contributed by atoms with E-state index in [4.69, 9.17) is 5.11 Å². The lowest BCUT2D eigenvalue weighted by Gasteiger charge is -2.22. The number of hydrogen-bond acceptors (Lipinski definition) is 5. The highest BCUT2D eigenvalue weighted by molar-refractivity contribution is 6.30. The highest BCUT2D eigenvalue weighted by Gasteiger charge is 2.36. The number of carbonyl (C=O) groups excluding carboxylic acids is 2. The lowest BCUT2D eigenvalue weighted by atomic mass is 9.80. The molecule has 0 radical (unpaired) electrons. The van der Waals surface area contributed by atoms with Gasteiger partial charge in [-0.05, 0) is 12.5 Å². The molecule has 26 heavy (non-hydrogen) atoms. The van der Waals surface area contributed by atoms with Gasteiger partial charge in [0.15, 0.2) is 11.6 Å². The molecule has 0 saturated carbocycles. The van der Waals surface area contributed by atoms with Crippen molar-refractivity contribution in [1.82, 2.24) is 0 Å². The predicted octanol–water partition coefficient (Wildman–Crippen LogP) is 3.01. The fourth-order valence-electron chi connectivity index (χ4n) is 3.22. The zero-order chi connectivity index (χ0) is 19.0. The van der Waals surface area contributed by atoms with E-state index in [-0.39, 0.29) is 27.8 Å². The second-order valence-corrected chi connectivity index (χ2v) is 6.00. The zero-order valence-corrected chi connectivity index (χ0v) is 13.9. The third-order valence-electron chi connectivity index (χ3n) is 4.49. The smallest absolute Gasteiger partial charge is 0.327 e. The Morgan fingerprint density at radius 2 is 1.65 bits per heavy atom. The maximum Gasteiger partial charge on any atom is 0.327 e. The van der Waals surface area contributed by atoms with E-state index in [0.717, 1.165) is 6.08 Å². The van der Waals surface area contributed by atoms with Gasteiger partial charge >= 0.3 is 5.97 Å². The topological polar surface area (TPSA) is 112 Å². The van der Waals surface area contributed by atoms with Gasteiger partial charge in [-0.15, -0.1) is 0 Å². The van der Waals surface area contributed by atoms with Crippen molar-refractivity contribution in [3.8, 4) is 11.5 Å². The van der Waals surface area contributed by atoms with Gasteiger partial charge in [0, 0.05) is 28.7 Å². The van der Waals surface area contributed by atoms with Crippen LogP contribution < -0.4 is 0 Å². The summed E-state index contributed by atoms with van der Waals surface area (Å²) in [4.78, 5) is 36.3. The fraction of sp³-hybridized carbons (Fsp3) is 0.150. The van der Waals surface area contributed by atoms with Gasteiger partial charge in [0.05, 0.1) is 11.1 Å². The van der Waals surface area contributed by atoms with E-state index in [0.29, 0.717) is 6.42 Å². The third kappa shape index (κ3) is 2.65. The molecule has 1 aliphatic rings. The average molecular weight is 352 g/mol. The summed E-state index contributed by atoms with van der Waals surface area (Å²) in [7, 11) is 0. The number of benzene rings is 2. The zero-order valence-electron chi connectivity index (χ0n) is 13.9. The summed E-state index contributed by atoms with van der Waals surface area (Å²) in [5.41, 5.74) is 0.0518. The first-order chi connectivity index (χ1) is 12.4. The third-order valence-corrected chi connectivity index (χ3v) is 4.49. The minimum atomic E-state index is -1.15. The molecule has 3 N–H and O–H groups in total. The van der Waals surface area contributed by atoms with Crippen molar-refractivity contribution >= 4 is 17.5 Å². The van der Waals surface area contributed by atoms with Crippen molar-refractivity contribution in [3.63, 3.8) is 0 Å². The number of phenols is 2. The van der Waals surface area contributed by atoms with Gasteiger partial charge in [-0.2, -0.15) is 0 Å². The van der Waals surface area contributed by atoms with Crippen molar-refractivity contribution in [1.29, 1.82) is 0 Å². The minimum Gasteiger partial charge on any atom is -0.507 e. The molecule has 0 aromatic heterocycles. The van der Waals surface area contributed by atoms with Gasteiger partial charge < -0.3 is 15.3 Å². The Morgan fingerprint density at radius 3 is 2.19 bits per heavy atom. The predicted molar refractivity (Wildman–Crippen MR) is 92.9 cm³/mol. The first-order valence-corrected chi connectivity index (χ1v) is 8.05. The summed E-state index contributed by atoms with van der Waals surface area (Å²) in [5, 5.41) is 29.9. The average Bonchev–Trinajstić information content (AvgIpc) is 2.62. The highest BCUT2D eigenvalue weighted by Crippen LogP contribution is 2.43. The quantitative estimate of drug-likeness (QED) is 0.491. The number of carbonyl (C=O) groups is 3. The first kappa shape index (κ1) is 17.4. The van der Waals surface area contributed by atoms with E-state index in [2.05, 4.69) is 0 Å². The Bertz CT molecular complexity index is 971. The highest BCUT2D eigenvalue weighted by atomic mass is 16.4. The molecule has 0 fully saturated rings. The number of ketones is 2. The molecule has 0 heterocycles. The largest absolute Gasteiger partial charge is 0.507 e. The molecule has 2 aromatic rings. The van der Waals surface area contributed by atoms with Crippen LogP contribution in [0.25, 0.3) is 0 Å². The van der Waals surface area contributed by atoms with Crippen LogP contribution in [0.1, 0.15) is 56.7 Å². The van der Waals surface area contributed by atoms with E-state index < -0.39 is 35.0 Å². The summed E-state index contributed by atoms with van der Waals surface area (Å²) in [6.07, 6.45) is 2.73. The number of allylic oxidation sites excluding steroid dienone is 1. The van der Waals surface area contributed by atoms with Crippen LogP contribution in [0.5, 0.6) is 11.5 Å². The monoisotopic (exact) mass is 352 g/mol. The standard InChI is InChI=1S/C20H16O6/c1-2-10(7-8-15(22)23)13-9-14(21)16-17(20(13)26)19(25)12-6-4-3-5-11(12)18(16)24/h3-10,21,26H,2H2,1H3,(H,22,23). The first-order valence-electron chi connectivity index (χ1n) is 8.05. The molecule has 1 atom stereocenters. The number of hydrogen-bond donors (Lipinski definition) is 3. The number of phenolic OH excluding ortho intramolecular Hbond substituents is 2. The van der Waals surface area contributed by atoms with E-state index >= 15 is 0 Å². The molecule has 6 nitrogen and oxygen atoms in total. The molecular formula is C20H16O6. The second kappa shape index (κ2) is 6.48. The van der Waals surface area contributed by atoms with Crippen LogP contribution in [0, 0.1) is 0 Å². The molecule has 2 aromatic carbocycles. The molecule has 0 saturated heterocycles. The Labute approximate surface area is 149 Å². The Kier molecular flexibility index (Phi) is 4.34.